The van der Waals surface area contributed by atoms with Crippen molar-refractivity contribution >= 4 is 11.6 Å². The van der Waals surface area contributed by atoms with Crippen LogP contribution in [0, 0.1) is 0 Å². The number of hydrogen-bond donors (Lipinski definition) is 0. The second-order valence-corrected chi connectivity index (χ2v) is 3.95. The number of nitrogens with zero attached hydrogens (tertiary/aromatic N) is 3. The first-order valence-corrected chi connectivity index (χ1v) is 5.91. The highest BCUT2D eigenvalue weighted by atomic mass is 35.5. The minimum atomic E-state index is 0.304. The highest BCUT2D eigenvalue weighted by Crippen LogP contribution is 2.30. The molecule has 96 valence electrons. The van der Waals surface area contributed by atoms with E-state index in [0.29, 0.717) is 11.0 Å². The van der Waals surface area contributed by atoms with Crippen LogP contribution in [0.5, 0.6) is 11.5 Å². The van der Waals surface area contributed by atoms with E-state index in [2.05, 4.69) is 10.2 Å². The second-order valence-electron chi connectivity index (χ2n) is 3.61. The summed E-state index contributed by atoms with van der Waals surface area (Å²) in [7, 11) is 3.22. The molecule has 2 rings (SSSR count). The highest BCUT2D eigenvalue weighted by Gasteiger charge is 2.15. The minimum Gasteiger partial charge on any atom is -0.497 e. The summed E-state index contributed by atoms with van der Waals surface area (Å²) < 4.78 is 12.3. The second kappa shape index (κ2) is 5.27. The van der Waals surface area contributed by atoms with Gasteiger partial charge in [-0.15, -0.1) is 10.2 Å². The van der Waals surface area contributed by atoms with Crippen molar-refractivity contribution in [2.24, 2.45) is 0 Å². The normalized spacial score (nSPS) is 10.4. The Hall–Kier alpha value is -1.75. The van der Waals surface area contributed by atoms with Gasteiger partial charge in [0.15, 0.2) is 0 Å². The number of rotatable bonds is 4. The van der Waals surface area contributed by atoms with Crippen molar-refractivity contribution in [1.82, 2.24) is 14.8 Å². The van der Waals surface area contributed by atoms with E-state index >= 15 is 0 Å². The molecule has 0 amide bonds. The summed E-state index contributed by atoms with van der Waals surface area (Å²) in [6.07, 6.45) is 0.722. The minimum absolute atomic E-state index is 0.304. The van der Waals surface area contributed by atoms with Gasteiger partial charge in [-0.05, 0) is 23.7 Å². The molecule has 0 atom stereocenters. The molecule has 0 aliphatic rings. The summed E-state index contributed by atoms with van der Waals surface area (Å²) in [5.74, 6) is 2.18. The van der Waals surface area contributed by atoms with Crippen molar-refractivity contribution in [2.45, 2.75) is 13.3 Å². The van der Waals surface area contributed by atoms with Crippen LogP contribution in [-0.4, -0.2) is 29.0 Å². The van der Waals surface area contributed by atoms with Crippen LogP contribution in [0.15, 0.2) is 18.2 Å². The molecule has 5 nitrogen and oxygen atoms in total. The van der Waals surface area contributed by atoms with Crippen molar-refractivity contribution in [3.8, 4) is 17.2 Å². The lowest BCUT2D eigenvalue weighted by molar-refractivity contribution is 0.401. The lowest BCUT2D eigenvalue weighted by Gasteiger charge is -2.13. The van der Waals surface area contributed by atoms with Gasteiger partial charge in [0.2, 0.25) is 5.28 Å². The maximum atomic E-state index is 6.08. The fraction of sp³-hybridized carbons (Fsp3) is 0.333. The van der Waals surface area contributed by atoms with Crippen LogP contribution in [0.3, 0.4) is 0 Å². The van der Waals surface area contributed by atoms with Gasteiger partial charge < -0.3 is 9.47 Å². The zero-order valence-electron chi connectivity index (χ0n) is 10.5. The summed E-state index contributed by atoms with van der Waals surface area (Å²) >= 11 is 6.08. The Labute approximate surface area is 110 Å². The average Bonchev–Trinajstić information content (AvgIpc) is 2.78. The molecular weight excluding hydrogens is 254 g/mol. The lowest BCUT2D eigenvalue weighted by atomic mass is 10.2. The average molecular weight is 268 g/mol. The van der Waals surface area contributed by atoms with Crippen molar-refractivity contribution < 1.29 is 9.47 Å². The standard InChI is InChI=1S/C12H14ClN3O2/c1-4-11-14-15-12(13)16(11)9-7-8(17-2)5-6-10(9)18-3/h5-7H,4H2,1-3H3. The molecule has 2 aromatic rings. The number of ether oxygens (including phenoxy) is 2. The van der Waals surface area contributed by atoms with E-state index in [1.54, 1.807) is 18.8 Å². The van der Waals surface area contributed by atoms with E-state index in [1.807, 2.05) is 25.1 Å². The number of hydrogen-bond acceptors (Lipinski definition) is 4. The number of halogens is 1. The first-order valence-electron chi connectivity index (χ1n) is 5.53. The molecule has 1 aromatic carbocycles. The number of methoxy groups -OCH3 is 2. The molecule has 0 aliphatic heterocycles. The fourth-order valence-corrected chi connectivity index (χ4v) is 1.96. The Morgan fingerprint density at radius 1 is 1.22 bits per heavy atom. The molecule has 1 aromatic heterocycles. The quantitative estimate of drug-likeness (QED) is 0.854. The molecular formula is C12H14ClN3O2. The molecule has 0 bridgehead atoms. The van der Waals surface area contributed by atoms with Crippen LogP contribution in [-0.2, 0) is 6.42 Å². The van der Waals surface area contributed by atoms with Crippen molar-refractivity contribution in [3.63, 3.8) is 0 Å². The van der Waals surface area contributed by atoms with Crippen molar-refractivity contribution in [3.05, 3.63) is 29.3 Å². The molecule has 0 saturated heterocycles. The van der Waals surface area contributed by atoms with Crippen LogP contribution in [0.4, 0.5) is 0 Å². The zero-order chi connectivity index (χ0) is 13.1. The topological polar surface area (TPSA) is 49.2 Å². The smallest absolute Gasteiger partial charge is 0.229 e. The molecule has 1 heterocycles. The van der Waals surface area contributed by atoms with E-state index in [-0.39, 0.29) is 0 Å². The molecule has 0 fully saturated rings. The van der Waals surface area contributed by atoms with Gasteiger partial charge in [0, 0.05) is 12.5 Å². The first kappa shape index (κ1) is 12.7. The van der Waals surface area contributed by atoms with Gasteiger partial charge in [0.1, 0.15) is 17.3 Å². The van der Waals surface area contributed by atoms with Crippen molar-refractivity contribution in [2.75, 3.05) is 14.2 Å². The van der Waals surface area contributed by atoms with Gasteiger partial charge in [0.25, 0.3) is 0 Å². The number of aryl methyl sites for hydroxylation is 1. The third-order valence-corrected chi connectivity index (χ3v) is 2.88. The molecule has 0 unspecified atom stereocenters. The fourth-order valence-electron chi connectivity index (χ4n) is 1.73. The van der Waals surface area contributed by atoms with Gasteiger partial charge in [-0.25, -0.2) is 0 Å². The maximum absolute atomic E-state index is 6.08. The van der Waals surface area contributed by atoms with E-state index in [4.69, 9.17) is 21.1 Å². The summed E-state index contributed by atoms with van der Waals surface area (Å²) in [5.41, 5.74) is 0.767. The largest absolute Gasteiger partial charge is 0.497 e. The van der Waals surface area contributed by atoms with E-state index in [9.17, 15) is 0 Å². The van der Waals surface area contributed by atoms with Crippen molar-refractivity contribution in [1.29, 1.82) is 0 Å². The number of benzene rings is 1. The summed E-state index contributed by atoms with van der Waals surface area (Å²) in [6, 6.07) is 5.49. The van der Waals surface area contributed by atoms with Crippen LogP contribution >= 0.6 is 11.6 Å². The molecule has 0 spiro atoms. The zero-order valence-corrected chi connectivity index (χ0v) is 11.2. The molecule has 6 heteroatoms. The van der Waals surface area contributed by atoms with Gasteiger partial charge in [-0.3, -0.25) is 4.57 Å². The maximum Gasteiger partial charge on any atom is 0.229 e. The van der Waals surface area contributed by atoms with E-state index < -0.39 is 0 Å². The predicted octanol–water partition coefficient (Wildman–Crippen LogP) is 2.50. The predicted molar refractivity (Wildman–Crippen MR) is 68.9 cm³/mol. The van der Waals surface area contributed by atoms with Gasteiger partial charge >= 0.3 is 0 Å². The number of aromatic nitrogens is 3. The van der Waals surface area contributed by atoms with Crippen LogP contribution in [0.2, 0.25) is 5.28 Å². The Balaban J connectivity index is 2.64. The SMILES string of the molecule is CCc1nnc(Cl)n1-c1cc(OC)ccc1OC. The van der Waals surface area contributed by atoms with Crippen LogP contribution in [0.1, 0.15) is 12.7 Å². The van der Waals surface area contributed by atoms with Crippen LogP contribution in [0.25, 0.3) is 5.69 Å². The Morgan fingerprint density at radius 2 is 2.00 bits per heavy atom. The molecule has 0 saturated carbocycles. The van der Waals surface area contributed by atoms with Gasteiger partial charge in [-0.1, -0.05) is 6.92 Å². The summed E-state index contributed by atoms with van der Waals surface area (Å²) in [6.45, 7) is 1.99. The Bertz CT molecular complexity index is 554. The Kier molecular flexibility index (Phi) is 3.72. The molecule has 0 aliphatic carbocycles. The van der Waals surface area contributed by atoms with E-state index in [0.717, 1.165) is 23.7 Å². The monoisotopic (exact) mass is 267 g/mol. The summed E-state index contributed by atoms with van der Waals surface area (Å²) in [5, 5.41) is 8.21. The summed E-state index contributed by atoms with van der Waals surface area (Å²) in [4.78, 5) is 0. The highest BCUT2D eigenvalue weighted by molar-refractivity contribution is 6.28. The van der Waals surface area contributed by atoms with Gasteiger partial charge in [0.05, 0.1) is 19.9 Å². The molecule has 0 radical (unpaired) electrons. The first-order chi connectivity index (χ1) is 8.71. The third kappa shape index (κ3) is 2.13. The lowest BCUT2D eigenvalue weighted by Crippen LogP contribution is -2.03. The van der Waals surface area contributed by atoms with Crippen LogP contribution < -0.4 is 9.47 Å². The Morgan fingerprint density at radius 3 is 2.61 bits per heavy atom. The molecule has 18 heavy (non-hydrogen) atoms. The van der Waals surface area contributed by atoms with E-state index in [1.165, 1.54) is 0 Å². The van der Waals surface area contributed by atoms with Gasteiger partial charge in [-0.2, -0.15) is 0 Å². The molecule has 0 N–H and O–H groups in total. The third-order valence-electron chi connectivity index (χ3n) is 2.63.